The van der Waals surface area contributed by atoms with Gasteiger partial charge in [0.05, 0.1) is 5.60 Å². The Bertz CT molecular complexity index is 287. The van der Waals surface area contributed by atoms with E-state index in [0.717, 1.165) is 12.8 Å². The van der Waals surface area contributed by atoms with E-state index in [-0.39, 0.29) is 16.9 Å². The van der Waals surface area contributed by atoms with Crippen molar-refractivity contribution < 1.29 is 9.53 Å². The molecule has 0 saturated carbocycles. The van der Waals surface area contributed by atoms with Gasteiger partial charge in [-0.15, -0.1) is 12.3 Å². The Morgan fingerprint density at radius 1 is 1.29 bits per heavy atom. The molecule has 0 aromatic rings. The summed E-state index contributed by atoms with van der Waals surface area (Å²) in [6.07, 6.45) is 7.05. The maximum Gasteiger partial charge on any atom is 0.216 e. The van der Waals surface area contributed by atoms with E-state index in [1.165, 1.54) is 6.92 Å². The molecular weight excluding hydrogens is 214 g/mol. The Balaban J connectivity index is 3.86. The van der Waals surface area contributed by atoms with Crippen LogP contribution in [0.1, 0.15) is 47.5 Å². The van der Waals surface area contributed by atoms with Crippen LogP contribution in [0, 0.1) is 17.8 Å². The summed E-state index contributed by atoms with van der Waals surface area (Å²) in [7, 11) is 0. The number of hydrogen-bond acceptors (Lipinski definition) is 2. The number of rotatable bonds is 7. The van der Waals surface area contributed by atoms with Crippen LogP contribution in [0.5, 0.6) is 0 Å². The molecule has 0 atom stereocenters. The topological polar surface area (TPSA) is 38.3 Å². The molecule has 1 amide bonds. The number of carbonyl (C=O) groups excluding carboxylic acids is 1. The summed E-state index contributed by atoms with van der Waals surface area (Å²) in [6, 6.07) is 0. The first-order valence-electron chi connectivity index (χ1n) is 6.05. The minimum atomic E-state index is -0.229. The molecule has 0 heterocycles. The fourth-order valence-corrected chi connectivity index (χ4v) is 1.27. The normalized spacial score (nSPS) is 12.0. The van der Waals surface area contributed by atoms with Crippen molar-refractivity contribution in [3.8, 4) is 12.3 Å². The van der Waals surface area contributed by atoms with E-state index in [9.17, 15) is 4.79 Å². The number of carbonyl (C=O) groups is 1. The third-order valence-electron chi connectivity index (χ3n) is 2.71. The lowest BCUT2D eigenvalue weighted by atomic mass is 9.91. The number of terminal acetylenes is 1. The summed E-state index contributed by atoms with van der Waals surface area (Å²) in [5, 5.41) is 2.77. The Morgan fingerprint density at radius 2 is 1.88 bits per heavy atom. The van der Waals surface area contributed by atoms with Crippen LogP contribution in [0.2, 0.25) is 0 Å². The Labute approximate surface area is 105 Å². The molecule has 0 aliphatic heterocycles. The quantitative estimate of drug-likeness (QED) is 0.693. The highest BCUT2D eigenvalue weighted by Gasteiger charge is 2.20. The third kappa shape index (κ3) is 8.76. The van der Waals surface area contributed by atoms with Crippen molar-refractivity contribution in [1.29, 1.82) is 0 Å². The first kappa shape index (κ1) is 16.0. The lowest BCUT2D eigenvalue weighted by Gasteiger charge is -2.27. The summed E-state index contributed by atoms with van der Waals surface area (Å²) >= 11 is 0. The molecule has 0 rings (SSSR count). The molecule has 0 spiro atoms. The smallest absolute Gasteiger partial charge is 0.216 e. The third-order valence-corrected chi connectivity index (χ3v) is 2.71. The van der Waals surface area contributed by atoms with Gasteiger partial charge in [-0.2, -0.15) is 0 Å². The van der Waals surface area contributed by atoms with E-state index in [2.05, 4.69) is 11.2 Å². The molecular formula is C14H25NO2. The van der Waals surface area contributed by atoms with E-state index >= 15 is 0 Å². The largest absolute Gasteiger partial charge is 0.375 e. The van der Waals surface area contributed by atoms with Gasteiger partial charge in [0.2, 0.25) is 5.91 Å². The van der Waals surface area contributed by atoms with Crippen molar-refractivity contribution in [3.05, 3.63) is 0 Å². The predicted octanol–water partition coefficient (Wildman–Crippen LogP) is 2.36. The van der Waals surface area contributed by atoms with E-state index in [0.29, 0.717) is 13.2 Å². The van der Waals surface area contributed by atoms with Gasteiger partial charge in [0.25, 0.3) is 0 Å². The molecule has 1 N–H and O–H groups in total. The Kier molecular flexibility index (Phi) is 6.26. The minimum absolute atomic E-state index is 0.00531. The Morgan fingerprint density at radius 3 is 2.35 bits per heavy atom. The fraction of sp³-hybridized carbons (Fsp3) is 0.786. The first-order chi connectivity index (χ1) is 7.68. The predicted molar refractivity (Wildman–Crippen MR) is 70.6 cm³/mol. The zero-order valence-electron chi connectivity index (χ0n) is 11.7. The van der Waals surface area contributed by atoms with Crippen molar-refractivity contribution in [1.82, 2.24) is 5.32 Å². The van der Waals surface area contributed by atoms with E-state index in [1.807, 2.05) is 27.7 Å². The van der Waals surface area contributed by atoms with Crippen molar-refractivity contribution in [2.24, 2.45) is 5.41 Å². The van der Waals surface area contributed by atoms with Crippen LogP contribution in [0.25, 0.3) is 0 Å². The van der Waals surface area contributed by atoms with Crippen LogP contribution < -0.4 is 5.32 Å². The van der Waals surface area contributed by atoms with Gasteiger partial charge in [-0.05, 0) is 40.5 Å². The summed E-state index contributed by atoms with van der Waals surface area (Å²) in [5.74, 6) is 2.74. The maximum absolute atomic E-state index is 10.7. The summed E-state index contributed by atoms with van der Waals surface area (Å²) < 4.78 is 5.80. The molecule has 0 aromatic carbocycles. The summed E-state index contributed by atoms with van der Waals surface area (Å²) in [6.45, 7) is 10.9. The van der Waals surface area contributed by atoms with Gasteiger partial charge in [0.15, 0.2) is 0 Å². The van der Waals surface area contributed by atoms with Crippen molar-refractivity contribution in [2.45, 2.75) is 53.1 Å². The molecule has 0 unspecified atom stereocenters. The van der Waals surface area contributed by atoms with Crippen LogP contribution in [0.3, 0.4) is 0 Å². The maximum atomic E-state index is 10.7. The molecule has 3 nitrogen and oxygen atoms in total. The highest BCUT2D eigenvalue weighted by molar-refractivity contribution is 5.72. The van der Waals surface area contributed by atoms with Crippen LogP contribution in [-0.2, 0) is 9.53 Å². The first-order valence-corrected chi connectivity index (χ1v) is 6.05. The molecule has 0 fully saturated rings. The highest BCUT2D eigenvalue weighted by atomic mass is 16.5. The van der Waals surface area contributed by atoms with Gasteiger partial charge in [-0.3, -0.25) is 4.79 Å². The standard InChI is InChI=1S/C14H25NO2/c1-7-13(3,4)9-11-17-14(5,6)8-10-15-12(2)16/h1H,8-11H2,2-6H3,(H,15,16). The Hall–Kier alpha value is -1.01. The van der Waals surface area contributed by atoms with Crippen molar-refractivity contribution in [2.75, 3.05) is 13.2 Å². The summed E-state index contributed by atoms with van der Waals surface area (Å²) in [4.78, 5) is 10.7. The second-order valence-corrected chi connectivity index (χ2v) is 5.62. The molecule has 0 radical (unpaired) electrons. The minimum Gasteiger partial charge on any atom is -0.375 e. The van der Waals surface area contributed by atoms with Gasteiger partial charge in [0, 0.05) is 25.5 Å². The molecule has 98 valence electrons. The lowest BCUT2D eigenvalue weighted by Crippen LogP contribution is -2.32. The number of ether oxygens (including phenoxy) is 1. The van der Waals surface area contributed by atoms with E-state index in [1.54, 1.807) is 0 Å². The molecule has 0 bridgehead atoms. The van der Waals surface area contributed by atoms with Crippen LogP contribution >= 0.6 is 0 Å². The summed E-state index contributed by atoms with van der Waals surface area (Å²) in [5.41, 5.74) is -0.346. The fourth-order valence-electron chi connectivity index (χ4n) is 1.27. The second kappa shape index (κ2) is 6.66. The van der Waals surface area contributed by atoms with Gasteiger partial charge in [-0.1, -0.05) is 0 Å². The van der Waals surface area contributed by atoms with Gasteiger partial charge < -0.3 is 10.1 Å². The number of hydrogen-bond donors (Lipinski definition) is 1. The molecule has 0 aliphatic rings. The SMILES string of the molecule is C#CC(C)(C)CCOC(C)(C)CCNC(C)=O. The zero-order chi connectivity index (χ0) is 13.5. The number of amides is 1. The molecule has 17 heavy (non-hydrogen) atoms. The lowest BCUT2D eigenvalue weighted by molar-refractivity contribution is -0.119. The molecule has 3 heteroatoms. The van der Waals surface area contributed by atoms with Crippen LogP contribution in [-0.4, -0.2) is 24.7 Å². The van der Waals surface area contributed by atoms with Crippen LogP contribution in [0.15, 0.2) is 0 Å². The van der Waals surface area contributed by atoms with Crippen molar-refractivity contribution in [3.63, 3.8) is 0 Å². The van der Waals surface area contributed by atoms with Gasteiger partial charge >= 0.3 is 0 Å². The zero-order valence-corrected chi connectivity index (χ0v) is 11.7. The van der Waals surface area contributed by atoms with E-state index < -0.39 is 0 Å². The van der Waals surface area contributed by atoms with Crippen LogP contribution in [0.4, 0.5) is 0 Å². The highest BCUT2D eigenvalue weighted by Crippen LogP contribution is 2.21. The van der Waals surface area contributed by atoms with Gasteiger partial charge in [-0.25, -0.2) is 0 Å². The molecule has 0 aromatic heterocycles. The molecule has 0 aliphatic carbocycles. The van der Waals surface area contributed by atoms with E-state index in [4.69, 9.17) is 11.2 Å². The van der Waals surface area contributed by atoms with Gasteiger partial charge in [0.1, 0.15) is 0 Å². The second-order valence-electron chi connectivity index (χ2n) is 5.62. The average molecular weight is 239 g/mol. The molecule has 0 saturated heterocycles. The van der Waals surface area contributed by atoms with Crippen molar-refractivity contribution >= 4 is 5.91 Å². The monoisotopic (exact) mass is 239 g/mol. The number of nitrogens with one attached hydrogen (secondary N) is 1. The average Bonchev–Trinajstić information content (AvgIpc) is 2.16.